The quantitative estimate of drug-likeness (QED) is 0.813. The number of sulfonamides is 1. The SMILES string of the molecule is CN(CCO)S(=O)(=O)c1ccc(F)c(C(=O)O)c1F. The number of carboxylic acids is 1. The van der Waals surface area contributed by atoms with Crippen LogP contribution in [0.25, 0.3) is 0 Å². The van der Waals surface area contributed by atoms with Gasteiger partial charge in [0.2, 0.25) is 10.0 Å². The van der Waals surface area contributed by atoms with Crippen LogP contribution in [0.5, 0.6) is 0 Å². The molecule has 0 atom stereocenters. The van der Waals surface area contributed by atoms with Crippen LogP contribution in [0, 0.1) is 11.6 Å². The number of carboxylic acid groups (broad SMARTS) is 1. The number of halogens is 2. The fourth-order valence-electron chi connectivity index (χ4n) is 1.36. The van der Waals surface area contributed by atoms with Crippen molar-refractivity contribution in [2.24, 2.45) is 0 Å². The van der Waals surface area contributed by atoms with E-state index in [9.17, 15) is 22.0 Å². The van der Waals surface area contributed by atoms with Crippen molar-refractivity contribution in [3.63, 3.8) is 0 Å². The van der Waals surface area contributed by atoms with E-state index in [-0.39, 0.29) is 6.54 Å². The molecule has 0 saturated heterocycles. The average Bonchev–Trinajstić information content (AvgIpc) is 2.28. The predicted molar refractivity (Wildman–Crippen MR) is 60.2 cm³/mol. The molecule has 0 heterocycles. The van der Waals surface area contributed by atoms with Crippen LogP contribution < -0.4 is 0 Å². The van der Waals surface area contributed by atoms with Crippen LogP contribution in [-0.2, 0) is 10.0 Å². The first-order valence-electron chi connectivity index (χ1n) is 5.02. The number of aliphatic hydroxyl groups is 1. The molecule has 2 N–H and O–H groups in total. The molecule has 0 spiro atoms. The first-order chi connectivity index (χ1) is 8.73. The molecule has 9 heteroatoms. The smallest absolute Gasteiger partial charge is 0.341 e. The number of rotatable bonds is 5. The van der Waals surface area contributed by atoms with E-state index in [0.717, 1.165) is 7.05 Å². The van der Waals surface area contributed by atoms with Gasteiger partial charge in [0.25, 0.3) is 0 Å². The normalized spacial score (nSPS) is 11.8. The van der Waals surface area contributed by atoms with Gasteiger partial charge >= 0.3 is 5.97 Å². The molecule has 0 unspecified atom stereocenters. The average molecular weight is 295 g/mol. The fourth-order valence-corrected chi connectivity index (χ4v) is 2.58. The van der Waals surface area contributed by atoms with Crippen LogP contribution >= 0.6 is 0 Å². The van der Waals surface area contributed by atoms with E-state index in [1.54, 1.807) is 0 Å². The molecular formula is C10H11F2NO5S. The zero-order valence-corrected chi connectivity index (χ0v) is 10.6. The van der Waals surface area contributed by atoms with Crippen molar-refractivity contribution in [2.75, 3.05) is 20.2 Å². The van der Waals surface area contributed by atoms with E-state index >= 15 is 0 Å². The van der Waals surface area contributed by atoms with Crippen LogP contribution in [0.15, 0.2) is 17.0 Å². The Balaban J connectivity index is 3.45. The molecule has 1 rings (SSSR count). The Hall–Kier alpha value is -1.58. The fraction of sp³-hybridized carbons (Fsp3) is 0.300. The minimum Gasteiger partial charge on any atom is -0.477 e. The Morgan fingerprint density at radius 2 is 1.95 bits per heavy atom. The number of likely N-dealkylation sites (N-methyl/N-ethyl adjacent to an activating group) is 1. The molecule has 6 nitrogen and oxygen atoms in total. The summed E-state index contributed by atoms with van der Waals surface area (Å²) >= 11 is 0. The van der Waals surface area contributed by atoms with Crippen LogP contribution in [0.3, 0.4) is 0 Å². The molecule has 0 aliphatic heterocycles. The highest BCUT2D eigenvalue weighted by atomic mass is 32.2. The zero-order chi connectivity index (χ0) is 14.8. The molecule has 0 aliphatic carbocycles. The molecule has 0 saturated carbocycles. The van der Waals surface area contributed by atoms with Gasteiger partial charge < -0.3 is 10.2 Å². The molecular weight excluding hydrogens is 284 g/mol. The van der Waals surface area contributed by atoms with Crippen molar-refractivity contribution in [1.29, 1.82) is 0 Å². The third-order valence-corrected chi connectivity index (χ3v) is 4.25. The van der Waals surface area contributed by atoms with Crippen LogP contribution in [0.1, 0.15) is 10.4 Å². The molecule has 19 heavy (non-hydrogen) atoms. The summed E-state index contributed by atoms with van der Waals surface area (Å²) in [5.41, 5.74) is -1.33. The summed E-state index contributed by atoms with van der Waals surface area (Å²) in [4.78, 5) is 9.73. The van der Waals surface area contributed by atoms with Gasteiger partial charge in [0.15, 0.2) is 5.82 Å². The van der Waals surface area contributed by atoms with Gasteiger partial charge in [0, 0.05) is 13.6 Å². The van der Waals surface area contributed by atoms with Gasteiger partial charge in [0.05, 0.1) is 6.61 Å². The summed E-state index contributed by atoms with van der Waals surface area (Å²) in [6.45, 7) is -0.800. The van der Waals surface area contributed by atoms with Gasteiger partial charge in [-0.1, -0.05) is 0 Å². The van der Waals surface area contributed by atoms with Crippen LogP contribution in [0.4, 0.5) is 8.78 Å². The third-order valence-electron chi connectivity index (χ3n) is 2.37. The Morgan fingerprint density at radius 3 is 2.42 bits per heavy atom. The van der Waals surface area contributed by atoms with Crippen LogP contribution in [-0.4, -0.2) is 49.1 Å². The second-order valence-electron chi connectivity index (χ2n) is 3.59. The maximum atomic E-state index is 13.8. The largest absolute Gasteiger partial charge is 0.477 e. The number of aromatic carboxylic acids is 1. The lowest BCUT2D eigenvalue weighted by Crippen LogP contribution is -2.30. The van der Waals surface area contributed by atoms with Gasteiger partial charge in [-0.2, -0.15) is 4.31 Å². The second kappa shape index (κ2) is 5.59. The lowest BCUT2D eigenvalue weighted by Gasteiger charge is -2.16. The molecule has 0 radical (unpaired) electrons. The van der Waals surface area contributed by atoms with Gasteiger partial charge in [-0.15, -0.1) is 0 Å². The topological polar surface area (TPSA) is 94.9 Å². The number of aliphatic hydroxyl groups excluding tert-OH is 1. The Labute approximate surface area is 107 Å². The first-order valence-corrected chi connectivity index (χ1v) is 6.46. The maximum Gasteiger partial charge on any atom is 0.341 e. The Bertz CT molecular complexity index is 602. The standard InChI is InChI=1S/C10H11F2NO5S/c1-13(4-5-14)19(17,18)7-3-2-6(11)8(9(7)12)10(15)16/h2-3,14H,4-5H2,1H3,(H,15,16). The minimum absolute atomic E-state index is 0.304. The summed E-state index contributed by atoms with van der Waals surface area (Å²) in [5.74, 6) is -4.94. The molecule has 0 aromatic heterocycles. The lowest BCUT2D eigenvalue weighted by atomic mass is 10.2. The van der Waals surface area contributed by atoms with E-state index in [1.807, 2.05) is 0 Å². The predicted octanol–water partition coefficient (Wildman–Crippen LogP) is 0.276. The summed E-state index contributed by atoms with van der Waals surface area (Å²) in [6.07, 6.45) is 0. The highest BCUT2D eigenvalue weighted by Crippen LogP contribution is 2.23. The maximum absolute atomic E-state index is 13.8. The number of benzene rings is 1. The molecule has 0 fully saturated rings. The molecule has 0 bridgehead atoms. The summed E-state index contributed by atoms with van der Waals surface area (Å²) in [5, 5.41) is 17.3. The lowest BCUT2D eigenvalue weighted by molar-refractivity contribution is 0.0685. The number of hydrogen-bond donors (Lipinski definition) is 2. The zero-order valence-electron chi connectivity index (χ0n) is 9.80. The van der Waals surface area contributed by atoms with Crippen molar-refractivity contribution in [3.05, 3.63) is 29.3 Å². The van der Waals surface area contributed by atoms with Gasteiger partial charge in [0.1, 0.15) is 16.3 Å². The van der Waals surface area contributed by atoms with Crippen molar-refractivity contribution in [1.82, 2.24) is 4.31 Å². The highest BCUT2D eigenvalue weighted by Gasteiger charge is 2.29. The van der Waals surface area contributed by atoms with Crippen molar-refractivity contribution < 1.29 is 32.2 Å². The number of hydrogen-bond acceptors (Lipinski definition) is 4. The molecule has 106 valence electrons. The molecule has 1 aromatic carbocycles. The molecule has 0 amide bonds. The van der Waals surface area contributed by atoms with E-state index < -0.39 is 44.7 Å². The van der Waals surface area contributed by atoms with Gasteiger partial charge in [-0.05, 0) is 12.1 Å². The van der Waals surface area contributed by atoms with E-state index in [4.69, 9.17) is 10.2 Å². The molecule has 1 aromatic rings. The third kappa shape index (κ3) is 2.88. The summed E-state index contributed by atoms with van der Waals surface area (Å²) < 4.78 is 51.4. The Morgan fingerprint density at radius 1 is 1.37 bits per heavy atom. The summed E-state index contributed by atoms with van der Waals surface area (Å²) in [6, 6.07) is 1.20. The number of carbonyl (C=O) groups is 1. The molecule has 0 aliphatic rings. The number of nitrogens with zero attached hydrogens (tertiary/aromatic N) is 1. The van der Waals surface area contributed by atoms with E-state index in [2.05, 4.69) is 0 Å². The first kappa shape index (κ1) is 15.5. The van der Waals surface area contributed by atoms with E-state index in [0.29, 0.717) is 16.4 Å². The van der Waals surface area contributed by atoms with Crippen molar-refractivity contribution >= 4 is 16.0 Å². The van der Waals surface area contributed by atoms with Crippen molar-refractivity contribution in [3.8, 4) is 0 Å². The van der Waals surface area contributed by atoms with E-state index in [1.165, 1.54) is 0 Å². The van der Waals surface area contributed by atoms with Crippen LogP contribution in [0.2, 0.25) is 0 Å². The monoisotopic (exact) mass is 295 g/mol. The van der Waals surface area contributed by atoms with Crippen molar-refractivity contribution in [2.45, 2.75) is 4.90 Å². The Kier molecular flexibility index (Phi) is 4.56. The second-order valence-corrected chi connectivity index (χ2v) is 5.60. The van der Waals surface area contributed by atoms with Gasteiger partial charge in [-0.3, -0.25) is 0 Å². The van der Waals surface area contributed by atoms with Gasteiger partial charge in [-0.25, -0.2) is 22.0 Å². The summed E-state index contributed by atoms with van der Waals surface area (Å²) in [7, 11) is -3.26. The highest BCUT2D eigenvalue weighted by molar-refractivity contribution is 7.89. The minimum atomic E-state index is -4.34.